The number of esters is 1. The fourth-order valence-electron chi connectivity index (χ4n) is 1.11. The summed E-state index contributed by atoms with van der Waals surface area (Å²) in [5.74, 6) is -0.510. The Hall–Kier alpha value is -1.47. The summed E-state index contributed by atoms with van der Waals surface area (Å²) >= 11 is 0. The van der Waals surface area contributed by atoms with Crippen molar-refractivity contribution in [2.75, 3.05) is 20.0 Å². The summed E-state index contributed by atoms with van der Waals surface area (Å²) in [7, 11) is -2.14. The van der Waals surface area contributed by atoms with E-state index in [4.69, 9.17) is 0 Å². The van der Waals surface area contributed by atoms with E-state index in [1.807, 2.05) is 0 Å². The van der Waals surface area contributed by atoms with Gasteiger partial charge < -0.3 is 4.74 Å². The molecule has 0 aromatic carbocycles. The van der Waals surface area contributed by atoms with Crippen molar-refractivity contribution in [3.05, 3.63) is 29.6 Å². The van der Waals surface area contributed by atoms with Gasteiger partial charge in [-0.3, -0.25) is 4.18 Å². The molecule has 0 radical (unpaired) electrons. The van der Waals surface area contributed by atoms with Crippen LogP contribution >= 0.6 is 0 Å². The number of nitrogens with zero attached hydrogens (tertiary/aromatic N) is 1. The maximum atomic E-state index is 11.1. The summed E-state index contributed by atoms with van der Waals surface area (Å²) in [6.45, 7) is 0.0537. The van der Waals surface area contributed by atoms with Crippen molar-refractivity contribution in [1.82, 2.24) is 4.98 Å². The molecule has 94 valence electrons. The van der Waals surface area contributed by atoms with Crippen LogP contribution < -0.4 is 0 Å². The van der Waals surface area contributed by atoms with Crippen LogP contribution in [0.2, 0.25) is 0 Å². The number of carbonyl (C=O) groups is 1. The van der Waals surface area contributed by atoms with Crippen molar-refractivity contribution in [3.63, 3.8) is 0 Å². The highest BCUT2D eigenvalue weighted by Crippen LogP contribution is 2.03. The molecule has 0 saturated heterocycles. The van der Waals surface area contributed by atoms with Gasteiger partial charge in [-0.25, -0.2) is 9.78 Å². The van der Waals surface area contributed by atoms with E-state index in [1.165, 1.54) is 19.4 Å². The van der Waals surface area contributed by atoms with Gasteiger partial charge in [0.2, 0.25) is 0 Å². The summed E-state index contributed by atoms with van der Waals surface area (Å²) < 4.78 is 30.5. The minimum atomic E-state index is -3.41. The first kappa shape index (κ1) is 13.6. The second-order valence-electron chi connectivity index (χ2n) is 3.32. The maximum absolute atomic E-state index is 11.1. The first-order valence-corrected chi connectivity index (χ1v) is 6.61. The molecule has 0 unspecified atom stereocenters. The van der Waals surface area contributed by atoms with Crippen molar-refractivity contribution in [2.45, 2.75) is 6.42 Å². The van der Waals surface area contributed by atoms with Crippen LogP contribution in [0, 0.1) is 0 Å². The maximum Gasteiger partial charge on any atom is 0.356 e. The van der Waals surface area contributed by atoms with Gasteiger partial charge in [-0.2, -0.15) is 8.42 Å². The molecule has 0 bridgehead atoms. The zero-order chi connectivity index (χ0) is 12.9. The third-order valence-corrected chi connectivity index (χ3v) is 2.50. The zero-order valence-corrected chi connectivity index (χ0v) is 10.4. The molecule has 1 aromatic rings. The molecule has 0 aliphatic rings. The van der Waals surface area contributed by atoms with Crippen LogP contribution in [0.3, 0.4) is 0 Å². The second-order valence-corrected chi connectivity index (χ2v) is 4.96. The van der Waals surface area contributed by atoms with Crippen LogP contribution in [-0.2, 0) is 25.5 Å². The molecule has 1 rings (SSSR count). The zero-order valence-electron chi connectivity index (χ0n) is 9.54. The first-order valence-electron chi connectivity index (χ1n) is 4.80. The lowest BCUT2D eigenvalue weighted by Gasteiger charge is -2.02. The highest BCUT2D eigenvalue weighted by atomic mass is 32.2. The highest BCUT2D eigenvalue weighted by Gasteiger charge is 2.07. The Morgan fingerprint density at radius 3 is 2.59 bits per heavy atom. The van der Waals surface area contributed by atoms with Gasteiger partial charge in [0.05, 0.1) is 20.0 Å². The summed E-state index contributed by atoms with van der Waals surface area (Å²) in [5.41, 5.74) is 0.988. The van der Waals surface area contributed by atoms with Gasteiger partial charge in [0, 0.05) is 6.20 Å². The molecule has 0 aliphatic carbocycles. The lowest BCUT2D eigenvalue weighted by atomic mass is 10.2. The van der Waals surface area contributed by atoms with Crippen molar-refractivity contribution in [1.29, 1.82) is 0 Å². The minimum Gasteiger partial charge on any atom is -0.464 e. The first-order chi connectivity index (χ1) is 7.92. The van der Waals surface area contributed by atoms with Gasteiger partial charge in [-0.1, -0.05) is 6.07 Å². The predicted octanol–water partition coefficient (Wildman–Crippen LogP) is 0.387. The molecule has 6 nitrogen and oxygen atoms in total. The third-order valence-electron chi connectivity index (χ3n) is 1.91. The number of pyridine rings is 1. The molecule has 0 saturated carbocycles. The van der Waals surface area contributed by atoms with Gasteiger partial charge in [0.25, 0.3) is 10.1 Å². The van der Waals surface area contributed by atoms with Crippen molar-refractivity contribution < 1.29 is 22.1 Å². The standard InChI is InChI=1S/C10H13NO5S/c1-15-10(12)9-4-3-8(7-11-9)5-6-16-17(2,13)14/h3-4,7H,5-6H2,1-2H3. The Morgan fingerprint density at radius 2 is 2.12 bits per heavy atom. The van der Waals surface area contributed by atoms with Gasteiger partial charge >= 0.3 is 5.97 Å². The number of carbonyl (C=O) groups excluding carboxylic acids is 1. The quantitative estimate of drug-likeness (QED) is 0.562. The highest BCUT2D eigenvalue weighted by molar-refractivity contribution is 7.85. The molecule has 0 N–H and O–H groups in total. The number of hydrogen-bond acceptors (Lipinski definition) is 6. The van der Waals surface area contributed by atoms with Crippen molar-refractivity contribution in [2.24, 2.45) is 0 Å². The van der Waals surface area contributed by atoms with Gasteiger partial charge in [0.15, 0.2) is 0 Å². The van der Waals surface area contributed by atoms with Gasteiger partial charge in [0.1, 0.15) is 5.69 Å². The molecule has 0 amide bonds. The molecule has 0 atom stereocenters. The Balaban J connectivity index is 2.54. The van der Waals surface area contributed by atoms with E-state index in [0.717, 1.165) is 11.8 Å². The van der Waals surface area contributed by atoms with E-state index < -0.39 is 16.1 Å². The Labute approximate surface area is 99.7 Å². The molecule has 0 aliphatic heterocycles. The van der Waals surface area contributed by atoms with Crippen LogP contribution in [0.15, 0.2) is 18.3 Å². The van der Waals surface area contributed by atoms with E-state index >= 15 is 0 Å². The Morgan fingerprint density at radius 1 is 1.41 bits per heavy atom. The summed E-state index contributed by atoms with van der Waals surface area (Å²) in [5, 5.41) is 0. The van der Waals surface area contributed by atoms with Crippen molar-refractivity contribution in [3.8, 4) is 0 Å². The minimum absolute atomic E-state index is 0.0537. The van der Waals surface area contributed by atoms with Gasteiger partial charge in [-0.05, 0) is 18.1 Å². The van der Waals surface area contributed by atoms with E-state index in [-0.39, 0.29) is 12.3 Å². The number of ether oxygens (including phenoxy) is 1. The molecule has 0 fully saturated rings. The second kappa shape index (κ2) is 5.74. The summed E-state index contributed by atoms with van der Waals surface area (Å²) in [6, 6.07) is 3.19. The normalized spacial score (nSPS) is 11.2. The summed E-state index contributed by atoms with van der Waals surface area (Å²) in [6.07, 6.45) is 2.88. The number of hydrogen-bond donors (Lipinski definition) is 0. The lowest BCUT2D eigenvalue weighted by Crippen LogP contribution is -2.07. The van der Waals surface area contributed by atoms with Crippen LogP contribution in [-0.4, -0.2) is 39.3 Å². The number of aromatic nitrogens is 1. The predicted molar refractivity (Wildman–Crippen MR) is 60.1 cm³/mol. The molecular weight excluding hydrogens is 246 g/mol. The van der Waals surface area contributed by atoms with E-state index in [0.29, 0.717) is 6.42 Å². The average molecular weight is 259 g/mol. The monoisotopic (exact) mass is 259 g/mol. The average Bonchev–Trinajstić information content (AvgIpc) is 2.27. The largest absolute Gasteiger partial charge is 0.464 e. The van der Waals surface area contributed by atoms with E-state index in [1.54, 1.807) is 6.07 Å². The molecule has 0 spiro atoms. The fourth-order valence-corrected chi connectivity index (χ4v) is 1.49. The Kier molecular flexibility index (Phi) is 4.59. The SMILES string of the molecule is COC(=O)c1ccc(CCOS(C)(=O)=O)cn1. The lowest BCUT2D eigenvalue weighted by molar-refractivity contribution is 0.0594. The summed E-state index contributed by atoms with van der Waals surface area (Å²) in [4.78, 5) is 15.0. The van der Waals surface area contributed by atoms with Crippen LogP contribution in [0.1, 0.15) is 16.1 Å². The van der Waals surface area contributed by atoms with Crippen LogP contribution in [0.4, 0.5) is 0 Å². The van der Waals surface area contributed by atoms with Crippen molar-refractivity contribution >= 4 is 16.1 Å². The molecular formula is C10H13NO5S. The topological polar surface area (TPSA) is 82.6 Å². The van der Waals surface area contributed by atoms with E-state index in [9.17, 15) is 13.2 Å². The number of rotatable bonds is 5. The molecule has 17 heavy (non-hydrogen) atoms. The molecule has 1 heterocycles. The van der Waals surface area contributed by atoms with Crippen LogP contribution in [0.25, 0.3) is 0 Å². The third kappa shape index (κ3) is 4.92. The molecule has 7 heteroatoms. The van der Waals surface area contributed by atoms with E-state index in [2.05, 4.69) is 13.9 Å². The van der Waals surface area contributed by atoms with Gasteiger partial charge in [-0.15, -0.1) is 0 Å². The number of methoxy groups -OCH3 is 1. The Bertz CT molecular complexity index is 480. The molecule has 1 aromatic heterocycles. The smallest absolute Gasteiger partial charge is 0.356 e. The van der Waals surface area contributed by atoms with Crippen LogP contribution in [0.5, 0.6) is 0 Å². The fraction of sp³-hybridized carbons (Fsp3) is 0.400.